The average molecular weight is 388 g/mol. The van der Waals surface area contributed by atoms with E-state index in [9.17, 15) is 13.6 Å². The summed E-state index contributed by atoms with van der Waals surface area (Å²) >= 11 is 6.25. The van der Waals surface area contributed by atoms with Gasteiger partial charge in [0.1, 0.15) is 0 Å². The first-order chi connectivity index (χ1) is 12.0. The molecule has 0 atom stereocenters. The predicted molar refractivity (Wildman–Crippen MR) is 95.4 cm³/mol. The topological polar surface area (TPSA) is 47.6 Å². The van der Waals surface area contributed by atoms with Crippen LogP contribution < -0.4 is 14.8 Å². The highest BCUT2D eigenvalue weighted by Crippen LogP contribution is 2.38. The molecule has 134 valence electrons. The van der Waals surface area contributed by atoms with Crippen molar-refractivity contribution in [3.8, 4) is 11.5 Å². The highest BCUT2D eigenvalue weighted by Gasteiger charge is 2.17. The highest BCUT2D eigenvalue weighted by atomic mass is 35.5. The van der Waals surface area contributed by atoms with Gasteiger partial charge in [-0.3, -0.25) is 4.79 Å². The summed E-state index contributed by atoms with van der Waals surface area (Å²) in [7, 11) is 1.47. The summed E-state index contributed by atoms with van der Waals surface area (Å²) in [6.07, 6.45) is 0. The molecule has 0 radical (unpaired) electrons. The summed E-state index contributed by atoms with van der Waals surface area (Å²) in [4.78, 5) is 12.6. The van der Waals surface area contributed by atoms with E-state index in [2.05, 4.69) is 5.32 Å². The predicted octanol–water partition coefficient (Wildman–Crippen LogP) is 5.31. The summed E-state index contributed by atoms with van der Waals surface area (Å²) in [5.74, 6) is -2.21. The van der Waals surface area contributed by atoms with Gasteiger partial charge in [-0.15, -0.1) is 0 Å². The summed E-state index contributed by atoms with van der Waals surface area (Å²) in [5.41, 5.74) is 0.518. The zero-order valence-corrected chi connectivity index (χ0v) is 15.1. The Kier molecular flexibility index (Phi) is 6.90. The Hall–Kier alpha value is -1.99. The van der Waals surface area contributed by atoms with E-state index in [4.69, 9.17) is 21.1 Å². The smallest absolute Gasteiger partial charge is 0.289 e. The Bertz CT molecular complexity index is 759. The van der Waals surface area contributed by atoms with Crippen LogP contribution in [0.3, 0.4) is 0 Å². The minimum Gasteiger partial charge on any atom is -0.493 e. The number of nitrogens with one attached hydrogen (secondary N) is 1. The Morgan fingerprint density at radius 3 is 2.68 bits per heavy atom. The number of amides is 1. The number of rotatable bonds is 7. The zero-order chi connectivity index (χ0) is 18.4. The number of methoxy groups -OCH3 is 1. The summed E-state index contributed by atoms with van der Waals surface area (Å²) in [6, 6.07) is 9.27. The third-order valence-electron chi connectivity index (χ3n) is 3.15. The van der Waals surface area contributed by atoms with Crippen LogP contribution in [0, 0.1) is 0 Å². The number of carbonyl (C=O) groups excluding carboxylic acids is 1. The molecule has 0 aromatic heterocycles. The number of alkyl halides is 2. The van der Waals surface area contributed by atoms with Crippen molar-refractivity contribution in [1.29, 1.82) is 0 Å². The second-order valence-electron chi connectivity index (χ2n) is 4.75. The first-order valence-corrected chi connectivity index (χ1v) is 8.57. The van der Waals surface area contributed by atoms with Gasteiger partial charge in [0.25, 0.3) is 11.7 Å². The van der Waals surface area contributed by atoms with E-state index in [-0.39, 0.29) is 27.4 Å². The molecule has 0 aliphatic heterocycles. The molecule has 2 rings (SSSR count). The van der Waals surface area contributed by atoms with Crippen molar-refractivity contribution in [2.45, 2.75) is 17.6 Å². The van der Waals surface area contributed by atoms with E-state index in [0.29, 0.717) is 23.7 Å². The standard InChI is InChI=1S/C17H16ClF2NO3S/c1-3-24-13-8-7-10(9-14(13)23-2)16(22)21-12-6-4-5-11(18)15(12)25-17(19)20/h4-9,17H,3H2,1-2H3,(H,21,22). The van der Waals surface area contributed by atoms with Gasteiger partial charge in [0.2, 0.25) is 0 Å². The lowest BCUT2D eigenvalue weighted by atomic mass is 10.2. The SMILES string of the molecule is CCOc1ccc(C(=O)Nc2cccc(Cl)c2SC(F)F)cc1OC. The van der Waals surface area contributed by atoms with Crippen LogP contribution in [-0.2, 0) is 0 Å². The van der Waals surface area contributed by atoms with Crippen LogP contribution in [0.15, 0.2) is 41.3 Å². The molecule has 4 nitrogen and oxygen atoms in total. The maximum atomic E-state index is 12.7. The number of thioether (sulfide) groups is 1. The molecule has 2 aromatic carbocycles. The molecule has 0 heterocycles. The van der Waals surface area contributed by atoms with Gasteiger partial charge >= 0.3 is 0 Å². The van der Waals surface area contributed by atoms with Crippen molar-refractivity contribution >= 4 is 35.0 Å². The fraction of sp³-hybridized carbons (Fsp3) is 0.235. The lowest BCUT2D eigenvalue weighted by molar-refractivity contribution is 0.102. The van der Waals surface area contributed by atoms with Crippen molar-refractivity contribution < 1.29 is 23.0 Å². The fourth-order valence-corrected chi connectivity index (χ4v) is 3.01. The van der Waals surface area contributed by atoms with Crippen LogP contribution in [0.25, 0.3) is 0 Å². The molecule has 8 heteroatoms. The Morgan fingerprint density at radius 1 is 1.28 bits per heavy atom. The molecule has 0 aliphatic carbocycles. The van der Waals surface area contributed by atoms with Crippen molar-refractivity contribution in [3.05, 3.63) is 47.0 Å². The maximum absolute atomic E-state index is 12.7. The molecular weight excluding hydrogens is 372 g/mol. The Labute approximate surface area is 153 Å². The molecule has 0 aliphatic rings. The lowest BCUT2D eigenvalue weighted by Crippen LogP contribution is -2.13. The second kappa shape index (κ2) is 8.92. The van der Waals surface area contributed by atoms with Crippen molar-refractivity contribution in [1.82, 2.24) is 0 Å². The molecule has 0 saturated heterocycles. The lowest BCUT2D eigenvalue weighted by Gasteiger charge is -2.13. The first-order valence-electron chi connectivity index (χ1n) is 7.31. The third kappa shape index (κ3) is 4.99. The molecule has 0 fully saturated rings. The van der Waals surface area contributed by atoms with Gasteiger partial charge in [0, 0.05) is 5.56 Å². The highest BCUT2D eigenvalue weighted by molar-refractivity contribution is 7.99. The van der Waals surface area contributed by atoms with E-state index >= 15 is 0 Å². The first kappa shape index (κ1) is 19.3. The van der Waals surface area contributed by atoms with Crippen LogP contribution >= 0.6 is 23.4 Å². The molecule has 2 aromatic rings. The van der Waals surface area contributed by atoms with Gasteiger partial charge in [-0.25, -0.2) is 0 Å². The number of benzene rings is 2. The molecular formula is C17H16ClF2NO3S. The van der Waals surface area contributed by atoms with Crippen molar-refractivity contribution in [2.75, 3.05) is 19.0 Å². The fourth-order valence-electron chi connectivity index (χ4n) is 2.09. The van der Waals surface area contributed by atoms with Crippen LogP contribution in [0.4, 0.5) is 14.5 Å². The Morgan fingerprint density at radius 2 is 2.04 bits per heavy atom. The number of hydrogen-bond donors (Lipinski definition) is 1. The van der Waals surface area contributed by atoms with E-state index < -0.39 is 11.7 Å². The molecule has 0 saturated carbocycles. The van der Waals surface area contributed by atoms with Crippen LogP contribution in [0.2, 0.25) is 5.02 Å². The van der Waals surface area contributed by atoms with Gasteiger partial charge in [-0.05, 0) is 37.3 Å². The van der Waals surface area contributed by atoms with E-state index in [1.807, 2.05) is 6.92 Å². The van der Waals surface area contributed by atoms with Crippen molar-refractivity contribution in [2.24, 2.45) is 0 Å². The van der Waals surface area contributed by atoms with Gasteiger partial charge in [-0.2, -0.15) is 8.78 Å². The summed E-state index contributed by atoms with van der Waals surface area (Å²) < 4.78 is 36.0. The van der Waals surface area contributed by atoms with E-state index in [1.165, 1.54) is 25.3 Å². The molecule has 1 amide bonds. The van der Waals surface area contributed by atoms with Gasteiger partial charge < -0.3 is 14.8 Å². The number of ether oxygens (including phenoxy) is 2. The Balaban J connectivity index is 2.27. The largest absolute Gasteiger partial charge is 0.493 e. The van der Waals surface area contributed by atoms with E-state index in [1.54, 1.807) is 18.2 Å². The minimum absolute atomic E-state index is 0.116. The maximum Gasteiger partial charge on any atom is 0.289 e. The monoisotopic (exact) mass is 387 g/mol. The summed E-state index contributed by atoms with van der Waals surface area (Å²) in [5, 5.41) is 2.75. The molecule has 25 heavy (non-hydrogen) atoms. The third-order valence-corrected chi connectivity index (χ3v) is 4.43. The van der Waals surface area contributed by atoms with Crippen LogP contribution in [-0.4, -0.2) is 25.4 Å². The van der Waals surface area contributed by atoms with E-state index in [0.717, 1.165) is 0 Å². The minimum atomic E-state index is -2.65. The average Bonchev–Trinajstić information content (AvgIpc) is 2.58. The number of carbonyl (C=O) groups is 1. The number of anilines is 1. The molecule has 0 spiro atoms. The van der Waals surface area contributed by atoms with Gasteiger partial charge in [0.05, 0.1) is 29.3 Å². The molecule has 1 N–H and O–H groups in total. The summed E-state index contributed by atoms with van der Waals surface area (Å²) in [6.45, 7) is 2.29. The van der Waals surface area contributed by atoms with Gasteiger partial charge in [0.15, 0.2) is 11.5 Å². The zero-order valence-electron chi connectivity index (χ0n) is 13.5. The number of halogens is 3. The van der Waals surface area contributed by atoms with Crippen molar-refractivity contribution in [3.63, 3.8) is 0 Å². The van der Waals surface area contributed by atoms with Crippen LogP contribution in [0.1, 0.15) is 17.3 Å². The molecule has 0 bridgehead atoms. The molecule has 0 unspecified atom stereocenters. The second-order valence-corrected chi connectivity index (χ2v) is 6.16. The van der Waals surface area contributed by atoms with Crippen LogP contribution in [0.5, 0.6) is 11.5 Å². The van der Waals surface area contributed by atoms with Gasteiger partial charge in [-0.1, -0.05) is 29.4 Å². The normalized spacial score (nSPS) is 10.6. The number of hydrogen-bond acceptors (Lipinski definition) is 4. The quantitative estimate of drug-likeness (QED) is 0.653.